The standard InChI is InChI=1S/C16H31NO4/c1-3-5-7-9-11-17(12-10-8-6-4-2)14(16(20)21)13-15(18)19/h14H,3-13H2,1-2H3,(H,18,19)(H,20,21)/t14-/m0/s1. The number of rotatable bonds is 14. The second-order valence-corrected chi connectivity index (χ2v) is 5.61. The highest BCUT2D eigenvalue weighted by Crippen LogP contribution is 2.12. The number of aliphatic carboxylic acids is 2. The Bertz CT molecular complexity index is 282. The van der Waals surface area contributed by atoms with E-state index in [0.29, 0.717) is 13.1 Å². The Balaban J connectivity index is 4.48. The highest BCUT2D eigenvalue weighted by atomic mass is 16.4. The van der Waals surface area contributed by atoms with Gasteiger partial charge >= 0.3 is 11.9 Å². The third-order valence-electron chi connectivity index (χ3n) is 3.69. The Kier molecular flexibility index (Phi) is 12.0. The first-order chi connectivity index (χ1) is 10.0. The average molecular weight is 301 g/mol. The lowest BCUT2D eigenvalue weighted by atomic mass is 10.1. The van der Waals surface area contributed by atoms with Gasteiger partial charge in [-0.15, -0.1) is 0 Å². The molecule has 0 radical (unpaired) electrons. The molecule has 5 nitrogen and oxygen atoms in total. The number of hydrogen-bond acceptors (Lipinski definition) is 3. The third kappa shape index (κ3) is 10.3. The van der Waals surface area contributed by atoms with Crippen LogP contribution in [0.4, 0.5) is 0 Å². The molecule has 0 fully saturated rings. The van der Waals surface area contributed by atoms with Crippen LogP contribution in [0.25, 0.3) is 0 Å². The summed E-state index contributed by atoms with van der Waals surface area (Å²) in [6.07, 6.45) is 8.23. The molecule has 0 saturated heterocycles. The molecule has 1 atom stereocenters. The molecular formula is C16H31NO4. The maximum atomic E-state index is 11.3. The molecule has 0 rings (SSSR count). The van der Waals surface area contributed by atoms with E-state index in [9.17, 15) is 14.7 Å². The molecule has 0 aromatic heterocycles. The summed E-state index contributed by atoms with van der Waals surface area (Å²) in [5.41, 5.74) is 0. The molecule has 124 valence electrons. The summed E-state index contributed by atoms with van der Waals surface area (Å²) < 4.78 is 0. The van der Waals surface area contributed by atoms with Crippen molar-refractivity contribution in [3.63, 3.8) is 0 Å². The Hall–Kier alpha value is -1.10. The van der Waals surface area contributed by atoms with Crippen LogP contribution in [0.1, 0.15) is 71.6 Å². The van der Waals surface area contributed by atoms with Crippen molar-refractivity contribution in [2.75, 3.05) is 13.1 Å². The van der Waals surface area contributed by atoms with Crippen molar-refractivity contribution in [1.29, 1.82) is 0 Å². The van der Waals surface area contributed by atoms with Gasteiger partial charge in [-0.1, -0.05) is 52.4 Å². The lowest BCUT2D eigenvalue weighted by Crippen LogP contribution is -2.43. The van der Waals surface area contributed by atoms with Crippen LogP contribution in [0.3, 0.4) is 0 Å². The molecule has 0 aromatic carbocycles. The van der Waals surface area contributed by atoms with Gasteiger partial charge in [0.25, 0.3) is 0 Å². The predicted molar refractivity (Wildman–Crippen MR) is 83.5 cm³/mol. The first kappa shape index (κ1) is 19.9. The Morgan fingerprint density at radius 2 is 1.33 bits per heavy atom. The number of unbranched alkanes of at least 4 members (excludes halogenated alkanes) is 6. The van der Waals surface area contributed by atoms with Gasteiger partial charge in [0.15, 0.2) is 0 Å². The molecule has 0 aliphatic rings. The zero-order valence-electron chi connectivity index (χ0n) is 13.5. The molecule has 0 saturated carbocycles. The molecule has 0 spiro atoms. The van der Waals surface area contributed by atoms with Crippen molar-refractivity contribution < 1.29 is 19.8 Å². The van der Waals surface area contributed by atoms with Gasteiger partial charge in [-0.3, -0.25) is 14.5 Å². The molecule has 0 aliphatic heterocycles. The summed E-state index contributed by atoms with van der Waals surface area (Å²) >= 11 is 0. The first-order valence-electron chi connectivity index (χ1n) is 8.21. The quantitative estimate of drug-likeness (QED) is 0.481. The predicted octanol–water partition coefficient (Wildman–Crippen LogP) is 3.38. The lowest BCUT2D eigenvalue weighted by Gasteiger charge is -2.28. The van der Waals surface area contributed by atoms with Crippen LogP contribution in [0.5, 0.6) is 0 Å². The Morgan fingerprint density at radius 3 is 1.67 bits per heavy atom. The van der Waals surface area contributed by atoms with Gasteiger partial charge in [0.2, 0.25) is 0 Å². The van der Waals surface area contributed by atoms with E-state index < -0.39 is 18.0 Å². The highest BCUT2D eigenvalue weighted by molar-refractivity contribution is 5.80. The van der Waals surface area contributed by atoms with Crippen molar-refractivity contribution >= 4 is 11.9 Å². The average Bonchev–Trinajstić information content (AvgIpc) is 2.43. The zero-order chi connectivity index (χ0) is 16.1. The number of nitrogens with zero attached hydrogens (tertiary/aromatic N) is 1. The van der Waals surface area contributed by atoms with Crippen molar-refractivity contribution in [2.24, 2.45) is 0 Å². The Labute approximate surface area is 128 Å². The largest absolute Gasteiger partial charge is 0.481 e. The molecule has 0 unspecified atom stereocenters. The fourth-order valence-corrected chi connectivity index (χ4v) is 2.44. The monoisotopic (exact) mass is 301 g/mol. The topological polar surface area (TPSA) is 77.8 Å². The van der Waals surface area contributed by atoms with E-state index in [4.69, 9.17) is 5.11 Å². The molecule has 0 amide bonds. The van der Waals surface area contributed by atoms with Crippen LogP contribution in [0.15, 0.2) is 0 Å². The minimum absolute atomic E-state index is 0.323. The fourth-order valence-electron chi connectivity index (χ4n) is 2.44. The first-order valence-corrected chi connectivity index (χ1v) is 8.21. The summed E-state index contributed by atoms with van der Waals surface area (Å²) in [4.78, 5) is 24.1. The van der Waals surface area contributed by atoms with Crippen LogP contribution in [-0.4, -0.2) is 46.2 Å². The molecule has 0 bridgehead atoms. The highest BCUT2D eigenvalue weighted by Gasteiger charge is 2.27. The SMILES string of the molecule is CCCCCCN(CCCCCC)[C@@H](CC(=O)O)C(=O)O. The van der Waals surface area contributed by atoms with E-state index in [1.54, 1.807) is 0 Å². The van der Waals surface area contributed by atoms with Gasteiger partial charge in [-0.2, -0.15) is 0 Å². The summed E-state index contributed by atoms with van der Waals surface area (Å²) in [5.74, 6) is -2.07. The zero-order valence-corrected chi connectivity index (χ0v) is 13.5. The van der Waals surface area contributed by atoms with Crippen LogP contribution in [0, 0.1) is 0 Å². The molecule has 0 aromatic rings. The molecule has 21 heavy (non-hydrogen) atoms. The maximum Gasteiger partial charge on any atom is 0.321 e. The van der Waals surface area contributed by atoms with E-state index in [2.05, 4.69) is 13.8 Å². The fraction of sp³-hybridized carbons (Fsp3) is 0.875. The van der Waals surface area contributed by atoms with Gasteiger partial charge in [0.1, 0.15) is 6.04 Å². The maximum absolute atomic E-state index is 11.3. The van der Waals surface area contributed by atoms with Gasteiger partial charge in [0, 0.05) is 0 Å². The smallest absolute Gasteiger partial charge is 0.321 e. The van der Waals surface area contributed by atoms with E-state index >= 15 is 0 Å². The van der Waals surface area contributed by atoms with E-state index in [1.807, 2.05) is 4.90 Å². The van der Waals surface area contributed by atoms with Gasteiger partial charge in [0.05, 0.1) is 6.42 Å². The third-order valence-corrected chi connectivity index (χ3v) is 3.69. The summed E-state index contributed by atoms with van der Waals surface area (Å²) in [7, 11) is 0. The molecular weight excluding hydrogens is 270 g/mol. The van der Waals surface area contributed by atoms with E-state index in [0.717, 1.165) is 51.4 Å². The summed E-state index contributed by atoms with van der Waals surface area (Å²) in [6, 6.07) is -0.897. The minimum atomic E-state index is -1.05. The summed E-state index contributed by atoms with van der Waals surface area (Å²) in [6.45, 7) is 5.62. The normalized spacial score (nSPS) is 12.5. The lowest BCUT2D eigenvalue weighted by molar-refractivity contribution is -0.149. The molecule has 0 heterocycles. The van der Waals surface area contributed by atoms with Gasteiger partial charge in [-0.05, 0) is 25.9 Å². The van der Waals surface area contributed by atoms with Crippen molar-refractivity contribution in [2.45, 2.75) is 77.7 Å². The minimum Gasteiger partial charge on any atom is -0.481 e. The van der Waals surface area contributed by atoms with Gasteiger partial charge < -0.3 is 10.2 Å². The van der Waals surface area contributed by atoms with E-state index in [-0.39, 0.29) is 6.42 Å². The van der Waals surface area contributed by atoms with Crippen LogP contribution >= 0.6 is 0 Å². The van der Waals surface area contributed by atoms with E-state index in [1.165, 1.54) is 0 Å². The second-order valence-electron chi connectivity index (χ2n) is 5.61. The number of carboxylic acids is 2. The van der Waals surface area contributed by atoms with Gasteiger partial charge in [-0.25, -0.2) is 0 Å². The van der Waals surface area contributed by atoms with Crippen LogP contribution < -0.4 is 0 Å². The summed E-state index contributed by atoms with van der Waals surface area (Å²) in [5, 5.41) is 18.2. The van der Waals surface area contributed by atoms with Crippen LogP contribution in [0.2, 0.25) is 0 Å². The van der Waals surface area contributed by atoms with Crippen LogP contribution in [-0.2, 0) is 9.59 Å². The molecule has 0 aliphatic carbocycles. The second kappa shape index (κ2) is 12.6. The number of carboxylic acid groups (broad SMARTS) is 2. The van der Waals surface area contributed by atoms with Crippen molar-refractivity contribution in [3.05, 3.63) is 0 Å². The van der Waals surface area contributed by atoms with Crippen molar-refractivity contribution in [3.8, 4) is 0 Å². The molecule has 2 N–H and O–H groups in total. The number of carbonyl (C=O) groups is 2. The molecule has 5 heteroatoms. The Morgan fingerprint density at radius 1 is 0.857 bits per heavy atom. The van der Waals surface area contributed by atoms with Crippen molar-refractivity contribution in [1.82, 2.24) is 4.90 Å². The number of hydrogen-bond donors (Lipinski definition) is 2.